The van der Waals surface area contributed by atoms with Crippen LogP contribution in [0.5, 0.6) is 5.75 Å². The average molecular weight is 453 g/mol. The maximum Gasteiger partial charge on any atom is 0.342 e. The third-order valence-corrected chi connectivity index (χ3v) is 5.07. The van der Waals surface area contributed by atoms with Crippen molar-refractivity contribution in [3.05, 3.63) is 85.1 Å². The van der Waals surface area contributed by atoms with Crippen LogP contribution in [0.15, 0.2) is 66.9 Å². The minimum Gasteiger partial charge on any atom is -0.507 e. The molecular formula is C18H15Br2NO3. The summed E-state index contributed by atoms with van der Waals surface area (Å²) in [6, 6.07) is 1.41. The van der Waals surface area contributed by atoms with Gasteiger partial charge in [0.2, 0.25) is 0 Å². The quantitative estimate of drug-likeness (QED) is 0.601. The number of aromatic amines is 1. The lowest BCUT2D eigenvalue weighted by Gasteiger charge is -1.97. The Kier molecular flexibility index (Phi) is 6.63. The van der Waals surface area contributed by atoms with Crippen LogP contribution in [0, 0.1) is 6.92 Å². The van der Waals surface area contributed by atoms with Crippen molar-refractivity contribution in [1.29, 1.82) is 0 Å². The number of H-pyrrole nitrogens is 1. The molecule has 2 aromatic heterocycles. The maximum atomic E-state index is 11.4. The van der Waals surface area contributed by atoms with Crippen LogP contribution in [0.25, 0.3) is 12.2 Å². The van der Waals surface area contributed by atoms with Crippen molar-refractivity contribution in [3.8, 4) is 5.75 Å². The van der Waals surface area contributed by atoms with E-state index in [0.29, 0.717) is 5.76 Å². The van der Waals surface area contributed by atoms with Gasteiger partial charge in [0.1, 0.15) is 11.5 Å². The molecule has 2 rings (SSSR count). The number of hydrogen-bond acceptors (Lipinski definition) is 3. The van der Waals surface area contributed by atoms with E-state index >= 15 is 0 Å². The number of halogens is 2. The molecule has 4 nitrogen and oxygen atoms in total. The molecule has 24 heavy (non-hydrogen) atoms. The van der Waals surface area contributed by atoms with Crippen LogP contribution in [0.2, 0.25) is 0 Å². The molecule has 0 saturated carbocycles. The summed E-state index contributed by atoms with van der Waals surface area (Å²) in [6.07, 6.45) is 16.4. The van der Waals surface area contributed by atoms with E-state index in [2.05, 4.69) is 36.8 Å². The molecular weight excluding hydrogens is 438 g/mol. The van der Waals surface area contributed by atoms with Crippen LogP contribution in [0.4, 0.5) is 0 Å². The van der Waals surface area contributed by atoms with E-state index in [4.69, 9.17) is 4.42 Å². The molecule has 0 amide bonds. The Balaban J connectivity index is 1.90. The van der Waals surface area contributed by atoms with E-state index < -0.39 is 5.63 Å². The Hall–Kier alpha value is -2.05. The van der Waals surface area contributed by atoms with E-state index in [0.717, 1.165) is 14.6 Å². The number of rotatable bonds is 5. The first-order valence-electron chi connectivity index (χ1n) is 7.03. The summed E-state index contributed by atoms with van der Waals surface area (Å²) in [5.74, 6) is 0.237. The van der Waals surface area contributed by atoms with Crippen LogP contribution in [0.3, 0.4) is 0 Å². The topological polar surface area (TPSA) is 66.2 Å². The van der Waals surface area contributed by atoms with E-state index in [-0.39, 0.29) is 11.3 Å². The van der Waals surface area contributed by atoms with Gasteiger partial charge in [-0.25, -0.2) is 4.79 Å². The minimum absolute atomic E-state index is 0.0676. The molecule has 0 aromatic carbocycles. The van der Waals surface area contributed by atoms with Crippen LogP contribution in [-0.4, -0.2) is 10.1 Å². The molecule has 2 N–H and O–H groups in total. The summed E-state index contributed by atoms with van der Waals surface area (Å²) in [7, 11) is 0. The van der Waals surface area contributed by atoms with Gasteiger partial charge in [0.15, 0.2) is 0 Å². The molecule has 0 unspecified atom stereocenters. The largest absolute Gasteiger partial charge is 0.507 e. The molecule has 0 saturated heterocycles. The maximum absolute atomic E-state index is 11.4. The van der Waals surface area contributed by atoms with Crippen molar-refractivity contribution in [1.82, 2.24) is 4.98 Å². The van der Waals surface area contributed by atoms with E-state index in [1.807, 2.05) is 36.6 Å². The smallest absolute Gasteiger partial charge is 0.342 e. The highest BCUT2D eigenvalue weighted by molar-refractivity contribution is 9.13. The van der Waals surface area contributed by atoms with E-state index in [9.17, 15) is 9.90 Å². The highest BCUT2D eigenvalue weighted by Crippen LogP contribution is 2.27. The summed E-state index contributed by atoms with van der Waals surface area (Å²) in [6.45, 7) is 1.51. The summed E-state index contributed by atoms with van der Waals surface area (Å²) < 4.78 is 6.98. The molecule has 0 spiro atoms. The van der Waals surface area contributed by atoms with Crippen molar-refractivity contribution < 1.29 is 9.52 Å². The summed E-state index contributed by atoms with van der Waals surface area (Å²) in [5, 5.41) is 9.56. The van der Waals surface area contributed by atoms with Crippen molar-refractivity contribution in [3.63, 3.8) is 0 Å². The number of nitrogens with one attached hydrogen (secondary N) is 1. The number of aromatic hydroxyl groups is 1. The fourth-order valence-corrected chi connectivity index (χ4v) is 2.41. The molecule has 0 aliphatic heterocycles. The second-order valence-electron chi connectivity index (χ2n) is 4.80. The SMILES string of the molecule is Cc1c(O)cc(C=CC=CC=CC=Cc2[nH]cc(Br)c2Br)oc1=O. The van der Waals surface area contributed by atoms with Crippen LogP contribution in [-0.2, 0) is 0 Å². The van der Waals surface area contributed by atoms with Crippen molar-refractivity contribution in [2.75, 3.05) is 0 Å². The van der Waals surface area contributed by atoms with Gasteiger partial charge in [-0.3, -0.25) is 0 Å². The second-order valence-corrected chi connectivity index (χ2v) is 6.45. The standard InChI is InChI=1S/C18H15Br2NO3/c1-12-16(22)10-13(24-18(12)23)8-6-4-2-3-5-7-9-15-17(20)14(19)11-21-15/h2-11,21-22H,1H3. The Bertz CT molecular complexity index is 886. The van der Waals surface area contributed by atoms with Crippen molar-refractivity contribution in [2.45, 2.75) is 6.92 Å². The van der Waals surface area contributed by atoms with Crippen LogP contribution >= 0.6 is 31.9 Å². The zero-order valence-electron chi connectivity index (χ0n) is 12.8. The van der Waals surface area contributed by atoms with Gasteiger partial charge >= 0.3 is 5.63 Å². The van der Waals surface area contributed by atoms with Gasteiger partial charge in [-0.1, -0.05) is 36.5 Å². The molecule has 124 valence electrons. The van der Waals surface area contributed by atoms with Gasteiger partial charge in [0, 0.05) is 16.7 Å². The van der Waals surface area contributed by atoms with E-state index in [1.54, 1.807) is 18.2 Å². The van der Waals surface area contributed by atoms with Gasteiger partial charge < -0.3 is 14.5 Å². The zero-order valence-corrected chi connectivity index (χ0v) is 16.0. The zero-order chi connectivity index (χ0) is 17.5. The first kappa shape index (κ1) is 18.3. The van der Waals surface area contributed by atoms with Gasteiger partial charge in [0.25, 0.3) is 0 Å². The Morgan fingerprint density at radius 1 is 1.08 bits per heavy atom. The van der Waals surface area contributed by atoms with Crippen LogP contribution < -0.4 is 5.63 Å². The lowest BCUT2D eigenvalue weighted by atomic mass is 10.2. The fraction of sp³-hybridized carbons (Fsp3) is 0.0556. The molecule has 6 heteroatoms. The third kappa shape index (κ3) is 4.97. The Morgan fingerprint density at radius 3 is 2.29 bits per heavy atom. The second kappa shape index (κ2) is 8.70. The van der Waals surface area contributed by atoms with Crippen molar-refractivity contribution >= 4 is 44.0 Å². The van der Waals surface area contributed by atoms with Gasteiger partial charge in [0.05, 0.1) is 15.7 Å². The third-order valence-electron chi connectivity index (χ3n) is 3.06. The lowest BCUT2D eigenvalue weighted by Crippen LogP contribution is -2.03. The van der Waals surface area contributed by atoms with E-state index in [1.165, 1.54) is 13.0 Å². The lowest BCUT2D eigenvalue weighted by molar-refractivity contribution is 0.436. The molecule has 0 fully saturated rings. The summed E-state index contributed by atoms with van der Waals surface area (Å²) in [4.78, 5) is 14.5. The molecule has 0 aliphatic carbocycles. The molecule has 2 aromatic rings. The average Bonchev–Trinajstić information content (AvgIpc) is 2.87. The summed E-state index contributed by atoms with van der Waals surface area (Å²) in [5.41, 5.74) is 0.647. The van der Waals surface area contributed by atoms with Crippen LogP contribution in [0.1, 0.15) is 17.0 Å². The Labute approximate surface area is 156 Å². The predicted octanol–water partition coefficient (Wildman–Crippen LogP) is 5.35. The first-order valence-corrected chi connectivity index (χ1v) is 8.62. The predicted molar refractivity (Wildman–Crippen MR) is 104 cm³/mol. The Morgan fingerprint density at radius 2 is 1.71 bits per heavy atom. The van der Waals surface area contributed by atoms with Crippen molar-refractivity contribution in [2.24, 2.45) is 0 Å². The highest BCUT2D eigenvalue weighted by Gasteiger charge is 2.03. The highest BCUT2D eigenvalue weighted by atomic mass is 79.9. The number of hydrogen-bond donors (Lipinski definition) is 2. The van der Waals surface area contributed by atoms with Gasteiger partial charge in [-0.05, 0) is 50.9 Å². The molecule has 0 radical (unpaired) electrons. The normalized spacial score (nSPS) is 12.5. The minimum atomic E-state index is -0.536. The van der Waals surface area contributed by atoms with Gasteiger partial charge in [-0.15, -0.1) is 0 Å². The molecule has 0 bridgehead atoms. The molecule has 2 heterocycles. The summed E-state index contributed by atoms with van der Waals surface area (Å²) >= 11 is 6.87. The first-order chi connectivity index (χ1) is 11.5. The number of aromatic nitrogens is 1. The number of allylic oxidation sites excluding steroid dienone is 6. The molecule has 0 atom stereocenters. The van der Waals surface area contributed by atoms with Gasteiger partial charge in [-0.2, -0.15) is 0 Å². The fourth-order valence-electron chi connectivity index (χ4n) is 1.72. The monoisotopic (exact) mass is 451 g/mol. The molecule has 0 aliphatic rings.